The Morgan fingerprint density at radius 3 is 2.22 bits per heavy atom. The highest BCUT2D eigenvalue weighted by molar-refractivity contribution is 5.96. The number of rotatable bonds is 17. The van der Waals surface area contributed by atoms with Crippen LogP contribution in [0.2, 0.25) is 0 Å². The van der Waals surface area contributed by atoms with E-state index < -0.39 is 35.6 Å². The predicted octanol–water partition coefficient (Wildman–Crippen LogP) is 2.76. The molecule has 0 aromatic heterocycles. The van der Waals surface area contributed by atoms with Crippen molar-refractivity contribution in [1.29, 1.82) is 5.26 Å². The summed E-state index contributed by atoms with van der Waals surface area (Å²) in [6, 6.07) is 10.5. The quantitative estimate of drug-likeness (QED) is 0.175. The number of carbonyl (C=O) groups is 5. The van der Waals surface area contributed by atoms with Gasteiger partial charge in [0.2, 0.25) is 11.8 Å². The number of hydrogen-bond acceptors (Lipinski definition) is 11. The summed E-state index contributed by atoms with van der Waals surface area (Å²) < 4.78 is 12.1. The summed E-state index contributed by atoms with van der Waals surface area (Å²) >= 11 is 0. The van der Waals surface area contributed by atoms with Gasteiger partial charge in [-0.15, -0.1) is 0 Å². The van der Waals surface area contributed by atoms with Crippen LogP contribution in [0.15, 0.2) is 36.4 Å². The fraction of sp³-hybridized carbons (Fsp3) is 0.526. The fourth-order valence-corrected chi connectivity index (χ4v) is 6.32. The molecular weight excluding hydrogens is 652 g/mol. The topological polar surface area (TPSA) is 221 Å². The van der Waals surface area contributed by atoms with E-state index in [9.17, 15) is 24.0 Å². The van der Waals surface area contributed by atoms with Gasteiger partial charge in [-0.2, -0.15) is 5.26 Å². The number of nitriles is 1. The van der Waals surface area contributed by atoms with Crippen LogP contribution in [0.1, 0.15) is 76.0 Å². The smallest absolute Gasteiger partial charge is 0.226 e. The molecule has 2 aromatic rings. The molecule has 2 amide bonds. The molecule has 51 heavy (non-hydrogen) atoms. The van der Waals surface area contributed by atoms with E-state index in [0.29, 0.717) is 59.6 Å². The Morgan fingerprint density at radius 1 is 0.961 bits per heavy atom. The lowest BCUT2D eigenvalue weighted by Crippen LogP contribution is -2.45. The van der Waals surface area contributed by atoms with Gasteiger partial charge in [-0.1, -0.05) is 25.5 Å². The van der Waals surface area contributed by atoms with Gasteiger partial charge in [0.05, 0.1) is 12.1 Å². The highest BCUT2D eigenvalue weighted by atomic mass is 16.5. The largest absolute Gasteiger partial charge is 0.492 e. The normalized spacial score (nSPS) is 18.1. The summed E-state index contributed by atoms with van der Waals surface area (Å²) in [6.45, 7) is 4.35. The van der Waals surface area contributed by atoms with Crippen LogP contribution in [-0.2, 0) is 30.4 Å². The second-order valence-corrected chi connectivity index (χ2v) is 13.1. The molecule has 1 aliphatic rings. The van der Waals surface area contributed by atoms with Crippen molar-refractivity contribution in [2.24, 2.45) is 29.0 Å². The summed E-state index contributed by atoms with van der Waals surface area (Å²) in [7, 11) is 1.54. The summed E-state index contributed by atoms with van der Waals surface area (Å²) in [6.07, 6.45) is 1.58. The highest BCUT2D eigenvalue weighted by Crippen LogP contribution is 2.41. The van der Waals surface area contributed by atoms with Gasteiger partial charge >= 0.3 is 0 Å². The van der Waals surface area contributed by atoms with Crippen LogP contribution in [0.25, 0.3) is 11.1 Å². The van der Waals surface area contributed by atoms with Crippen molar-refractivity contribution in [2.45, 2.75) is 77.3 Å². The first-order chi connectivity index (χ1) is 24.4. The average Bonchev–Trinajstić information content (AvgIpc) is 3.11. The van der Waals surface area contributed by atoms with E-state index in [1.54, 1.807) is 37.3 Å². The number of nitrogens with one attached hydrogen (secondary N) is 1. The van der Waals surface area contributed by atoms with Crippen molar-refractivity contribution in [1.82, 2.24) is 10.2 Å². The molecule has 4 bridgehead atoms. The Balaban J connectivity index is 2.29. The molecule has 13 heteroatoms. The maximum absolute atomic E-state index is 14.3. The van der Waals surface area contributed by atoms with Gasteiger partial charge in [0.15, 0.2) is 11.6 Å². The molecule has 0 spiro atoms. The number of nitrogens with zero attached hydrogens (tertiary/aromatic N) is 2. The van der Waals surface area contributed by atoms with E-state index in [4.69, 9.17) is 31.9 Å². The van der Waals surface area contributed by atoms with E-state index in [0.717, 1.165) is 0 Å². The lowest BCUT2D eigenvalue weighted by Gasteiger charge is -2.32. The number of benzene rings is 2. The van der Waals surface area contributed by atoms with E-state index in [1.165, 1.54) is 18.9 Å². The molecule has 4 atom stereocenters. The van der Waals surface area contributed by atoms with E-state index >= 15 is 0 Å². The first-order valence-electron chi connectivity index (χ1n) is 17.6. The van der Waals surface area contributed by atoms with Gasteiger partial charge in [-0.3, -0.25) is 19.2 Å². The number of nitrogens with two attached hydrogens (primary N) is 3. The van der Waals surface area contributed by atoms with Crippen LogP contribution in [0.5, 0.6) is 11.5 Å². The Bertz CT molecular complexity index is 1590. The van der Waals surface area contributed by atoms with Crippen LogP contribution < -0.4 is 32.0 Å². The number of amides is 2. The third-order valence-corrected chi connectivity index (χ3v) is 8.92. The number of likely N-dealkylation sites (N-methyl/N-ethyl adjacent to an activating group) is 1. The molecular formula is C38H52N6O7. The number of Topliss-reactive ketones (excluding diaryl/α,β-unsaturated/α-hetero) is 3. The lowest BCUT2D eigenvalue weighted by atomic mass is 9.88. The maximum Gasteiger partial charge on any atom is 0.226 e. The van der Waals surface area contributed by atoms with Crippen LogP contribution in [0.4, 0.5) is 0 Å². The van der Waals surface area contributed by atoms with Crippen molar-refractivity contribution in [2.75, 3.05) is 39.9 Å². The Hall–Kier alpha value is -4.64. The number of ketones is 3. The standard InChI is InChI=1S/C38H52N6O7/c1-24-19-33(47)36(44(3)38(49)28(20-25(2)45)7-4-5-13-39)27-10-12-35(51-18-16-42)30(23-27)29-21-26(9-11-34(29)50-17-15-41)22-31(43-37(24)48)32(46)8-6-14-40/h9-12,21,23-24,28,31,36H,4-8,13,15-20,22,39,41-42H2,1-3H3,(H,43,48)/t24-,28-,31+,36+/m1/s1. The minimum atomic E-state index is -1.13. The van der Waals surface area contributed by atoms with Gasteiger partial charge in [-0.25, -0.2) is 0 Å². The van der Waals surface area contributed by atoms with Crippen LogP contribution in [0.3, 0.4) is 0 Å². The van der Waals surface area contributed by atoms with Crippen molar-refractivity contribution < 1.29 is 33.4 Å². The zero-order valence-electron chi connectivity index (χ0n) is 30.0. The zero-order chi connectivity index (χ0) is 37.5. The van der Waals surface area contributed by atoms with E-state index in [2.05, 4.69) is 5.32 Å². The van der Waals surface area contributed by atoms with Gasteiger partial charge in [-0.05, 0) is 68.1 Å². The van der Waals surface area contributed by atoms with Gasteiger partial charge in [0.1, 0.15) is 36.5 Å². The Kier molecular flexibility index (Phi) is 16.2. The van der Waals surface area contributed by atoms with Gasteiger partial charge < -0.3 is 41.7 Å². The molecule has 0 aliphatic carbocycles. The molecule has 3 rings (SSSR count). The monoisotopic (exact) mass is 704 g/mol. The number of unbranched alkanes of at least 4 members (excludes halogenated alkanes) is 1. The molecule has 0 unspecified atom stereocenters. The second-order valence-electron chi connectivity index (χ2n) is 13.1. The van der Waals surface area contributed by atoms with E-state index in [1.807, 2.05) is 12.1 Å². The number of fused-ring (bicyclic) bond motifs is 5. The number of ether oxygens (including phenoxy) is 2. The molecule has 0 radical (unpaired) electrons. The molecule has 13 nitrogen and oxygen atoms in total. The molecule has 0 saturated heterocycles. The van der Waals surface area contributed by atoms with Crippen LogP contribution >= 0.6 is 0 Å². The van der Waals surface area contributed by atoms with Crippen LogP contribution in [-0.4, -0.2) is 80.0 Å². The third-order valence-electron chi connectivity index (χ3n) is 8.92. The second kappa shape index (κ2) is 20.3. The predicted molar refractivity (Wildman–Crippen MR) is 192 cm³/mol. The molecule has 1 aliphatic heterocycles. The molecule has 0 fully saturated rings. The fourth-order valence-electron chi connectivity index (χ4n) is 6.32. The van der Waals surface area contributed by atoms with Crippen LogP contribution in [0, 0.1) is 23.2 Å². The Labute approximate surface area is 300 Å². The average molecular weight is 705 g/mol. The number of carbonyl (C=O) groups excluding carboxylic acids is 5. The van der Waals surface area contributed by atoms with E-state index in [-0.39, 0.29) is 75.9 Å². The molecule has 1 heterocycles. The minimum absolute atomic E-state index is 0.0100. The zero-order valence-corrected chi connectivity index (χ0v) is 30.0. The molecule has 2 aromatic carbocycles. The van der Waals surface area contributed by atoms with Crippen molar-refractivity contribution in [3.8, 4) is 28.7 Å². The van der Waals surface area contributed by atoms with Crippen molar-refractivity contribution in [3.63, 3.8) is 0 Å². The van der Waals surface area contributed by atoms with Gasteiger partial charge in [0, 0.05) is 68.8 Å². The first-order valence-corrected chi connectivity index (χ1v) is 17.6. The minimum Gasteiger partial charge on any atom is -0.492 e. The molecule has 276 valence electrons. The van der Waals surface area contributed by atoms with Crippen molar-refractivity contribution >= 4 is 29.2 Å². The Morgan fingerprint density at radius 2 is 1.61 bits per heavy atom. The summed E-state index contributed by atoms with van der Waals surface area (Å²) in [5.41, 5.74) is 19.6. The molecule has 7 N–H and O–H groups in total. The summed E-state index contributed by atoms with van der Waals surface area (Å²) in [4.78, 5) is 69.0. The SMILES string of the molecule is CC(=O)C[C@@H](CCCCN)C(=O)N(C)[C@@H]1C(=O)C[C@@H](C)C(=O)N[C@H](C(=O)CCC#N)Cc2ccc(OCCN)c(c2)-c2cc1ccc2OCCN. The first kappa shape index (κ1) is 40.8. The lowest BCUT2D eigenvalue weighted by molar-refractivity contribution is -0.143. The maximum atomic E-state index is 14.3. The number of hydrogen-bond donors (Lipinski definition) is 4. The summed E-state index contributed by atoms with van der Waals surface area (Å²) in [5.74, 6) is -2.36. The third kappa shape index (κ3) is 11.4. The molecule has 0 saturated carbocycles. The highest BCUT2D eigenvalue weighted by Gasteiger charge is 2.35. The van der Waals surface area contributed by atoms with Crippen molar-refractivity contribution in [3.05, 3.63) is 47.5 Å². The van der Waals surface area contributed by atoms with Gasteiger partial charge in [0.25, 0.3) is 0 Å². The summed E-state index contributed by atoms with van der Waals surface area (Å²) in [5, 5.41) is 12.0.